The lowest BCUT2D eigenvalue weighted by atomic mass is 10.2. The van der Waals surface area contributed by atoms with E-state index in [9.17, 15) is 9.59 Å². The second kappa shape index (κ2) is 9.36. The van der Waals surface area contributed by atoms with E-state index in [-0.39, 0.29) is 11.9 Å². The molecule has 2 aliphatic rings. The summed E-state index contributed by atoms with van der Waals surface area (Å²) in [7, 11) is 0. The van der Waals surface area contributed by atoms with Crippen molar-refractivity contribution in [2.75, 3.05) is 23.8 Å². The molecule has 0 saturated carbocycles. The first kappa shape index (κ1) is 16.5. The lowest BCUT2D eigenvalue weighted by Crippen LogP contribution is -2.31. The van der Waals surface area contributed by atoms with Crippen molar-refractivity contribution in [1.82, 2.24) is 16.0 Å². The van der Waals surface area contributed by atoms with Gasteiger partial charge in [-0.05, 0) is 6.42 Å². The molecule has 0 aromatic rings. The molecule has 110 valence electrons. The zero-order valence-electron chi connectivity index (χ0n) is 11.3. The number of rotatable bonds is 5. The third-order valence-electron chi connectivity index (χ3n) is 2.90. The van der Waals surface area contributed by atoms with Gasteiger partial charge >= 0.3 is 6.03 Å². The highest BCUT2D eigenvalue weighted by Gasteiger charge is 2.35. The number of carbonyl (C=O) groups is 2. The topological polar surface area (TPSA) is 70.2 Å². The minimum absolute atomic E-state index is 0.00491. The lowest BCUT2D eigenvalue weighted by molar-refractivity contribution is -0.121. The van der Waals surface area contributed by atoms with Gasteiger partial charge in [-0.2, -0.15) is 24.4 Å². The van der Waals surface area contributed by atoms with Crippen molar-refractivity contribution in [3.05, 3.63) is 0 Å². The summed E-state index contributed by atoms with van der Waals surface area (Å²) in [6, 6.07) is 0.815. The third kappa shape index (κ3) is 6.42. The van der Waals surface area contributed by atoms with Crippen LogP contribution in [0.1, 0.15) is 26.2 Å². The molecule has 3 amide bonds. The molecule has 2 fully saturated rings. The smallest absolute Gasteiger partial charge is 0.315 e. The van der Waals surface area contributed by atoms with Crippen LogP contribution >= 0.6 is 24.4 Å². The number of fused-ring (bicyclic) bond motifs is 1. The Hall–Kier alpha value is -0.560. The summed E-state index contributed by atoms with van der Waals surface area (Å²) < 4.78 is 0. The molecule has 2 aliphatic heterocycles. The summed E-state index contributed by atoms with van der Waals surface area (Å²) >= 11 is 5.86. The van der Waals surface area contributed by atoms with Gasteiger partial charge in [0.1, 0.15) is 0 Å². The van der Waals surface area contributed by atoms with Crippen LogP contribution in [0.2, 0.25) is 0 Å². The highest BCUT2D eigenvalue weighted by molar-refractivity contribution is 7.99. The van der Waals surface area contributed by atoms with Gasteiger partial charge in [-0.3, -0.25) is 4.79 Å². The minimum atomic E-state index is 0.00491. The van der Waals surface area contributed by atoms with E-state index >= 15 is 0 Å². The molecule has 3 N–H and O–H groups in total. The number of hydrogen-bond acceptors (Lipinski definition) is 4. The molecule has 2 atom stereocenters. The minimum Gasteiger partial charge on any atom is -0.355 e. The Labute approximate surface area is 124 Å². The maximum absolute atomic E-state index is 10.8. The fourth-order valence-corrected chi connectivity index (χ4v) is 3.23. The fraction of sp³-hybridized carbons (Fsp3) is 0.833. The van der Waals surface area contributed by atoms with Gasteiger partial charge in [0.15, 0.2) is 0 Å². The highest BCUT2D eigenvalue weighted by atomic mass is 32.2. The van der Waals surface area contributed by atoms with Crippen LogP contribution in [-0.4, -0.2) is 47.8 Å². The van der Waals surface area contributed by atoms with E-state index < -0.39 is 0 Å². The van der Waals surface area contributed by atoms with Crippen molar-refractivity contribution in [2.45, 2.75) is 38.3 Å². The Kier molecular flexibility index (Phi) is 8.13. The van der Waals surface area contributed by atoms with E-state index in [0.717, 1.165) is 30.1 Å². The van der Waals surface area contributed by atoms with Gasteiger partial charge in [-0.1, -0.05) is 13.3 Å². The largest absolute Gasteiger partial charge is 0.355 e. The van der Waals surface area contributed by atoms with Gasteiger partial charge < -0.3 is 16.0 Å². The Balaban J connectivity index is 0.000000190. The summed E-state index contributed by atoms with van der Waals surface area (Å²) in [6.07, 6.45) is 2.72. The number of thioether (sulfide) groups is 1. The molecule has 0 aromatic carbocycles. The quantitative estimate of drug-likeness (QED) is 0.452. The third-order valence-corrected chi connectivity index (χ3v) is 4.32. The normalized spacial score (nSPS) is 23.8. The first-order valence-electron chi connectivity index (χ1n) is 6.69. The Morgan fingerprint density at radius 3 is 2.58 bits per heavy atom. The maximum Gasteiger partial charge on any atom is 0.315 e. The Morgan fingerprint density at radius 2 is 2.05 bits per heavy atom. The zero-order chi connectivity index (χ0) is 14.1. The van der Waals surface area contributed by atoms with Crippen molar-refractivity contribution in [3.63, 3.8) is 0 Å². The van der Waals surface area contributed by atoms with Crippen molar-refractivity contribution >= 4 is 36.3 Å². The molecule has 0 aliphatic carbocycles. The van der Waals surface area contributed by atoms with Crippen molar-refractivity contribution in [3.8, 4) is 0 Å². The second-order valence-corrected chi connectivity index (χ2v) is 6.07. The molecule has 2 saturated heterocycles. The average molecular weight is 305 g/mol. The van der Waals surface area contributed by atoms with Crippen LogP contribution < -0.4 is 16.0 Å². The van der Waals surface area contributed by atoms with Crippen LogP contribution in [-0.2, 0) is 4.79 Å². The molecule has 2 rings (SSSR count). The number of urea groups is 1. The van der Waals surface area contributed by atoms with Crippen molar-refractivity contribution in [1.29, 1.82) is 0 Å². The Morgan fingerprint density at radius 1 is 1.42 bits per heavy atom. The van der Waals surface area contributed by atoms with Gasteiger partial charge in [0.2, 0.25) is 5.91 Å². The van der Waals surface area contributed by atoms with Crippen LogP contribution in [0.3, 0.4) is 0 Å². The molecular formula is C12H23N3O2S2. The van der Waals surface area contributed by atoms with Gasteiger partial charge in [0.05, 0.1) is 12.1 Å². The van der Waals surface area contributed by atoms with E-state index in [4.69, 9.17) is 0 Å². The molecule has 0 spiro atoms. The number of nitrogens with one attached hydrogen (secondary N) is 3. The number of thiol groups is 1. The van der Waals surface area contributed by atoms with E-state index in [2.05, 4.69) is 35.5 Å². The SMILES string of the molecule is CCCCC(=O)NCCS.O=C1N[C@H]2CSC[C@H]2N1. The molecule has 0 aromatic heterocycles. The number of amides is 3. The Bertz CT molecular complexity index is 279. The summed E-state index contributed by atoms with van der Waals surface area (Å²) in [5.74, 6) is 3.01. The fourth-order valence-electron chi connectivity index (χ4n) is 1.84. The second-order valence-electron chi connectivity index (χ2n) is 4.55. The standard InChI is InChI=1S/C7H15NOS.C5H8N2OS/c1-2-3-4-7(9)8-5-6-10;8-5-6-3-1-9-2-4(3)7-5/h10H,2-6H2,1H3,(H,8,9);3-4H,1-2H2,(H2,6,7,8)/t;3-,4+. The van der Waals surface area contributed by atoms with Crippen LogP contribution in [0.5, 0.6) is 0 Å². The van der Waals surface area contributed by atoms with Gasteiger partial charge in [-0.15, -0.1) is 0 Å². The first-order valence-corrected chi connectivity index (χ1v) is 8.48. The molecule has 5 nitrogen and oxygen atoms in total. The van der Waals surface area contributed by atoms with Gasteiger partial charge in [0.25, 0.3) is 0 Å². The molecule has 19 heavy (non-hydrogen) atoms. The molecular weight excluding hydrogens is 282 g/mol. The average Bonchev–Trinajstić information content (AvgIpc) is 2.94. The summed E-state index contributed by atoms with van der Waals surface area (Å²) in [5.41, 5.74) is 0. The molecule has 2 heterocycles. The van der Waals surface area contributed by atoms with E-state index in [1.54, 1.807) is 0 Å². The summed E-state index contributed by atoms with van der Waals surface area (Å²) in [5, 5.41) is 8.44. The van der Waals surface area contributed by atoms with Gasteiger partial charge in [0, 0.05) is 30.2 Å². The van der Waals surface area contributed by atoms with Gasteiger partial charge in [-0.25, -0.2) is 4.79 Å². The molecule has 0 radical (unpaired) electrons. The molecule has 7 heteroatoms. The summed E-state index contributed by atoms with van der Waals surface area (Å²) in [6.45, 7) is 2.76. The van der Waals surface area contributed by atoms with Crippen LogP contribution in [0.15, 0.2) is 0 Å². The zero-order valence-corrected chi connectivity index (χ0v) is 13.0. The maximum atomic E-state index is 10.8. The predicted octanol–water partition coefficient (Wildman–Crippen LogP) is 1.01. The van der Waals surface area contributed by atoms with Crippen LogP contribution in [0.4, 0.5) is 4.79 Å². The summed E-state index contributed by atoms with van der Waals surface area (Å²) in [4.78, 5) is 21.4. The van der Waals surface area contributed by atoms with E-state index in [1.165, 1.54) is 0 Å². The monoisotopic (exact) mass is 305 g/mol. The molecule has 0 bridgehead atoms. The molecule has 0 unspecified atom stereocenters. The van der Waals surface area contributed by atoms with Crippen molar-refractivity contribution in [2.24, 2.45) is 0 Å². The van der Waals surface area contributed by atoms with Crippen LogP contribution in [0.25, 0.3) is 0 Å². The van der Waals surface area contributed by atoms with E-state index in [0.29, 0.717) is 25.0 Å². The lowest BCUT2D eigenvalue weighted by Gasteiger charge is -2.02. The number of unbranched alkanes of at least 4 members (excludes halogenated alkanes) is 1. The number of hydrogen-bond donors (Lipinski definition) is 4. The number of carbonyl (C=O) groups excluding carboxylic acids is 2. The first-order chi connectivity index (χ1) is 9.17. The van der Waals surface area contributed by atoms with E-state index in [1.807, 2.05) is 11.8 Å². The van der Waals surface area contributed by atoms with Crippen molar-refractivity contribution < 1.29 is 9.59 Å². The predicted molar refractivity (Wildman–Crippen MR) is 83.0 cm³/mol. The highest BCUT2D eigenvalue weighted by Crippen LogP contribution is 2.20. The van der Waals surface area contributed by atoms with Crippen LogP contribution in [0, 0.1) is 0 Å².